The van der Waals surface area contributed by atoms with E-state index in [2.05, 4.69) is 15.9 Å². The summed E-state index contributed by atoms with van der Waals surface area (Å²) in [5, 5.41) is 8.85. The number of carbonyl (C=O) groups excluding carboxylic acids is 1. The molecule has 0 bridgehead atoms. The first-order valence-electron chi connectivity index (χ1n) is 5.84. The first-order valence-corrected chi connectivity index (χ1v) is 6.63. The lowest BCUT2D eigenvalue weighted by Gasteiger charge is -2.20. The number of rotatable bonds is 6. The van der Waals surface area contributed by atoms with E-state index in [0.29, 0.717) is 28.8 Å². The van der Waals surface area contributed by atoms with E-state index in [9.17, 15) is 9.59 Å². The normalized spacial score (nSPS) is 10.1. The molecule has 0 spiro atoms. The molecule has 1 aromatic rings. The first kappa shape index (κ1) is 15.5. The van der Waals surface area contributed by atoms with Crippen LogP contribution in [-0.4, -0.2) is 42.1 Å². The molecule has 0 atom stereocenters. The van der Waals surface area contributed by atoms with E-state index in [1.54, 1.807) is 18.2 Å². The van der Waals surface area contributed by atoms with Crippen LogP contribution in [0.5, 0.6) is 5.75 Å². The van der Waals surface area contributed by atoms with Crippen molar-refractivity contribution in [1.29, 1.82) is 0 Å². The Kier molecular flexibility index (Phi) is 5.82. The van der Waals surface area contributed by atoms with Crippen LogP contribution in [0, 0.1) is 0 Å². The summed E-state index contributed by atoms with van der Waals surface area (Å²) in [4.78, 5) is 24.4. The molecular weight excluding hydrogens is 314 g/mol. The van der Waals surface area contributed by atoms with Crippen LogP contribution >= 0.6 is 15.9 Å². The fraction of sp³-hybridized carbons (Fsp3) is 0.385. The molecule has 1 amide bonds. The van der Waals surface area contributed by atoms with Crippen molar-refractivity contribution in [2.75, 3.05) is 20.2 Å². The van der Waals surface area contributed by atoms with Crippen molar-refractivity contribution in [3.63, 3.8) is 0 Å². The van der Waals surface area contributed by atoms with Gasteiger partial charge in [-0.1, -0.05) is 6.92 Å². The van der Waals surface area contributed by atoms with Crippen molar-refractivity contribution in [3.05, 3.63) is 28.2 Å². The molecule has 0 saturated carbocycles. The topological polar surface area (TPSA) is 66.8 Å². The molecule has 0 aliphatic rings. The van der Waals surface area contributed by atoms with Crippen molar-refractivity contribution in [2.24, 2.45) is 0 Å². The third kappa shape index (κ3) is 4.24. The number of halogens is 1. The van der Waals surface area contributed by atoms with Crippen LogP contribution in [0.15, 0.2) is 22.7 Å². The fourth-order valence-electron chi connectivity index (χ4n) is 1.65. The van der Waals surface area contributed by atoms with Gasteiger partial charge in [0.25, 0.3) is 5.91 Å². The number of hydrogen-bond donors (Lipinski definition) is 1. The van der Waals surface area contributed by atoms with Gasteiger partial charge in [0.15, 0.2) is 0 Å². The molecule has 0 aliphatic carbocycles. The van der Waals surface area contributed by atoms with Gasteiger partial charge in [0.05, 0.1) is 12.7 Å². The molecule has 6 heteroatoms. The van der Waals surface area contributed by atoms with Gasteiger partial charge in [-0.3, -0.25) is 9.59 Å². The Hall–Kier alpha value is -1.56. The van der Waals surface area contributed by atoms with E-state index < -0.39 is 5.97 Å². The van der Waals surface area contributed by atoms with Gasteiger partial charge in [-0.05, 0) is 40.5 Å². The van der Waals surface area contributed by atoms with Crippen LogP contribution in [-0.2, 0) is 4.79 Å². The molecule has 19 heavy (non-hydrogen) atoms. The number of hydrogen-bond acceptors (Lipinski definition) is 3. The van der Waals surface area contributed by atoms with E-state index in [1.807, 2.05) is 6.92 Å². The second kappa shape index (κ2) is 7.13. The van der Waals surface area contributed by atoms with Gasteiger partial charge < -0.3 is 14.7 Å². The molecule has 0 radical (unpaired) electrons. The van der Waals surface area contributed by atoms with Crippen molar-refractivity contribution in [2.45, 2.75) is 13.3 Å². The molecular formula is C13H16BrNO4. The van der Waals surface area contributed by atoms with E-state index in [1.165, 1.54) is 12.0 Å². The van der Waals surface area contributed by atoms with Gasteiger partial charge in [-0.15, -0.1) is 0 Å². The minimum atomic E-state index is -1.03. The molecule has 0 aromatic heterocycles. The number of carboxylic acid groups (broad SMARTS) is 1. The second-order valence-electron chi connectivity index (χ2n) is 3.97. The van der Waals surface area contributed by atoms with Crippen molar-refractivity contribution >= 4 is 27.8 Å². The molecule has 104 valence electrons. The number of amides is 1. The Morgan fingerprint density at radius 2 is 2.11 bits per heavy atom. The van der Waals surface area contributed by atoms with Gasteiger partial charge in [0, 0.05) is 11.0 Å². The predicted molar refractivity (Wildman–Crippen MR) is 74.5 cm³/mol. The standard InChI is InChI=1S/C13H16BrNO4/c1-3-6-15(8-12(16)17)13(18)10-7-9(19-2)4-5-11(10)14/h4-5,7H,3,6,8H2,1-2H3,(H,16,17). The summed E-state index contributed by atoms with van der Waals surface area (Å²) < 4.78 is 5.69. The Balaban J connectivity index is 3.04. The summed E-state index contributed by atoms with van der Waals surface area (Å²) in [6, 6.07) is 5.02. The number of nitrogens with zero attached hydrogens (tertiary/aromatic N) is 1. The summed E-state index contributed by atoms with van der Waals surface area (Å²) in [6.07, 6.45) is 0.695. The number of carboxylic acids is 1. The Labute approximate surface area is 120 Å². The van der Waals surface area contributed by atoms with E-state index in [4.69, 9.17) is 9.84 Å². The highest BCUT2D eigenvalue weighted by Crippen LogP contribution is 2.23. The number of ether oxygens (including phenoxy) is 1. The predicted octanol–water partition coefficient (Wildman–Crippen LogP) is 2.39. The van der Waals surface area contributed by atoms with Gasteiger partial charge in [-0.25, -0.2) is 0 Å². The molecule has 0 aliphatic heterocycles. The lowest BCUT2D eigenvalue weighted by Crippen LogP contribution is -2.36. The third-order valence-electron chi connectivity index (χ3n) is 2.51. The van der Waals surface area contributed by atoms with Crippen molar-refractivity contribution in [3.8, 4) is 5.75 Å². The van der Waals surface area contributed by atoms with Crippen LogP contribution < -0.4 is 4.74 Å². The summed E-state index contributed by atoms with van der Waals surface area (Å²) in [5.74, 6) is -0.797. The van der Waals surface area contributed by atoms with Gasteiger partial charge >= 0.3 is 5.97 Å². The lowest BCUT2D eigenvalue weighted by atomic mass is 10.2. The minimum absolute atomic E-state index is 0.309. The zero-order valence-corrected chi connectivity index (χ0v) is 12.4. The highest BCUT2D eigenvalue weighted by atomic mass is 79.9. The Morgan fingerprint density at radius 1 is 1.42 bits per heavy atom. The molecule has 1 aromatic carbocycles. The van der Waals surface area contributed by atoms with E-state index in [0.717, 1.165) is 0 Å². The van der Waals surface area contributed by atoms with Crippen LogP contribution in [0.2, 0.25) is 0 Å². The number of benzene rings is 1. The maximum Gasteiger partial charge on any atom is 0.323 e. The number of carbonyl (C=O) groups is 2. The first-order chi connectivity index (χ1) is 8.99. The Bertz CT molecular complexity index is 476. The second-order valence-corrected chi connectivity index (χ2v) is 4.82. The molecule has 1 rings (SSSR count). The smallest absolute Gasteiger partial charge is 0.323 e. The average molecular weight is 330 g/mol. The van der Waals surface area contributed by atoms with Crippen LogP contribution in [0.25, 0.3) is 0 Å². The summed E-state index contributed by atoms with van der Waals surface area (Å²) in [7, 11) is 1.51. The largest absolute Gasteiger partial charge is 0.497 e. The maximum absolute atomic E-state index is 12.3. The molecule has 0 fully saturated rings. The molecule has 0 unspecified atom stereocenters. The highest BCUT2D eigenvalue weighted by Gasteiger charge is 2.20. The van der Waals surface area contributed by atoms with E-state index in [-0.39, 0.29) is 12.5 Å². The van der Waals surface area contributed by atoms with E-state index >= 15 is 0 Å². The molecule has 0 heterocycles. The quantitative estimate of drug-likeness (QED) is 0.870. The highest BCUT2D eigenvalue weighted by molar-refractivity contribution is 9.10. The fourth-order valence-corrected chi connectivity index (χ4v) is 2.07. The number of methoxy groups -OCH3 is 1. The van der Waals surface area contributed by atoms with Crippen LogP contribution in [0.4, 0.5) is 0 Å². The number of aliphatic carboxylic acids is 1. The van der Waals surface area contributed by atoms with Gasteiger partial charge in [0.2, 0.25) is 0 Å². The van der Waals surface area contributed by atoms with Crippen LogP contribution in [0.1, 0.15) is 23.7 Å². The zero-order valence-electron chi connectivity index (χ0n) is 10.9. The zero-order chi connectivity index (χ0) is 14.4. The summed E-state index contributed by atoms with van der Waals surface area (Å²) >= 11 is 3.30. The SMILES string of the molecule is CCCN(CC(=O)O)C(=O)c1cc(OC)ccc1Br. The minimum Gasteiger partial charge on any atom is -0.497 e. The third-order valence-corrected chi connectivity index (χ3v) is 3.20. The lowest BCUT2D eigenvalue weighted by molar-refractivity contribution is -0.137. The summed E-state index contributed by atoms with van der Waals surface area (Å²) in [5.41, 5.74) is 0.397. The molecule has 5 nitrogen and oxygen atoms in total. The van der Waals surface area contributed by atoms with Gasteiger partial charge in [0.1, 0.15) is 12.3 Å². The van der Waals surface area contributed by atoms with Crippen molar-refractivity contribution < 1.29 is 19.4 Å². The summed E-state index contributed by atoms with van der Waals surface area (Å²) in [6.45, 7) is 1.98. The molecule has 0 saturated heterocycles. The maximum atomic E-state index is 12.3. The monoisotopic (exact) mass is 329 g/mol. The Morgan fingerprint density at radius 3 is 2.63 bits per heavy atom. The molecule has 1 N–H and O–H groups in total. The average Bonchev–Trinajstić information content (AvgIpc) is 2.37. The van der Waals surface area contributed by atoms with Crippen LogP contribution in [0.3, 0.4) is 0 Å². The van der Waals surface area contributed by atoms with Crippen molar-refractivity contribution in [1.82, 2.24) is 4.90 Å². The van der Waals surface area contributed by atoms with Gasteiger partial charge in [-0.2, -0.15) is 0 Å².